The number of morpholine rings is 1. The van der Waals surface area contributed by atoms with Gasteiger partial charge in [0.2, 0.25) is 0 Å². The first-order valence-corrected chi connectivity index (χ1v) is 6.76. The summed E-state index contributed by atoms with van der Waals surface area (Å²) in [6.45, 7) is 4.65. The predicted molar refractivity (Wildman–Crippen MR) is 75.0 cm³/mol. The van der Waals surface area contributed by atoms with Crippen LogP contribution in [0.5, 0.6) is 0 Å². The molecule has 1 aliphatic heterocycles. The number of pyridine rings is 1. The van der Waals surface area contributed by atoms with Gasteiger partial charge < -0.3 is 15.0 Å². The second-order valence-electron chi connectivity index (χ2n) is 5.00. The number of nitrogens with one attached hydrogen (secondary N) is 2. The molecule has 0 bridgehead atoms. The van der Waals surface area contributed by atoms with Crippen LogP contribution in [0.25, 0.3) is 11.0 Å². The highest BCUT2D eigenvalue weighted by molar-refractivity contribution is 5.79. The van der Waals surface area contributed by atoms with Gasteiger partial charge in [-0.25, -0.2) is 4.98 Å². The molecule has 102 valence electrons. The molecule has 1 atom stereocenters. The number of aromatic nitrogens is 2. The zero-order chi connectivity index (χ0) is 13.1. The van der Waals surface area contributed by atoms with E-state index in [0.717, 1.165) is 38.4 Å². The Labute approximate surface area is 113 Å². The monoisotopic (exact) mass is 260 g/mol. The van der Waals surface area contributed by atoms with Gasteiger partial charge in [-0.15, -0.1) is 0 Å². The van der Waals surface area contributed by atoms with E-state index in [-0.39, 0.29) is 0 Å². The molecule has 1 aliphatic rings. The molecule has 5 heteroatoms. The molecule has 0 saturated carbocycles. The van der Waals surface area contributed by atoms with E-state index in [1.165, 1.54) is 10.9 Å². The van der Waals surface area contributed by atoms with E-state index in [1.54, 1.807) is 0 Å². The number of hydrogen-bond donors (Lipinski definition) is 2. The zero-order valence-electron chi connectivity index (χ0n) is 11.2. The fraction of sp³-hybridized carbons (Fsp3) is 0.500. The molecule has 0 amide bonds. The molecule has 1 saturated heterocycles. The third-order valence-corrected chi connectivity index (χ3v) is 3.59. The average Bonchev–Trinajstić information content (AvgIpc) is 2.83. The number of hydrogen-bond acceptors (Lipinski definition) is 4. The maximum absolute atomic E-state index is 5.73. The van der Waals surface area contributed by atoms with Crippen LogP contribution in [0.15, 0.2) is 24.5 Å². The third-order valence-electron chi connectivity index (χ3n) is 3.59. The molecule has 1 fully saturated rings. The van der Waals surface area contributed by atoms with E-state index in [2.05, 4.69) is 32.4 Å². The molecule has 5 nitrogen and oxygen atoms in total. The van der Waals surface area contributed by atoms with Gasteiger partial charge in [0.1, 0.15) is 5.65 Å². The van der Waals surface area contributed by atoms with E-state index >= 15 is 0 Å². The Hall–Kier alpha value is -1.43. The van der Waals surface area contributed by atoms with Gasteiger partial charge in [0.05, 0.1) is 12.7 Å². The number of ether oxygens (including phenoxy) is 1. The Morgan fingerprint density at radius 2 is 2.53 bits per heavy atom. The summed E-state index contributed by atoms with van der Waals surface area (Å²) in [5, 5.41) is 4.40. The van der Waals surface area contributed by atoms with Gasteiger partial charge in [0.25, 0.3) is 0 Å². The summed E-state index contributed by atoms with van der Waals surface area (Å²) >= 11 is 0. The lowest BCUT2D eigenvalue weighted by molar-refractivity contribution is -0.0290. The number of nitrogens with zero attached hydrogens (tertiary/aromatic N) is 2. The summed E-state index contributed by atoms with van der Waals surface area (Å²) in [6, 6.07) is 4.11. The van der Waals surface area contributed by atoms with Crippen molar-refractivity contribution in [2.45, 2.75) is 12.6 Å². The Balaban J connectivity index is 1.70. The minimum Gasteiger partial charge on any atom is -0.374 e. The molecule has 3 heterocycles. The van der Waals surface area contributed by atoms with E-state index < -0.39 is 0 Å². The summed E-state index contributed by atoms with van der Waals surface area (Å²) in [6.07, 6.45) is 4.18. The van der Waals surface area contributed by atoms with Gasteiger partial charge in [-0.2, -0.15) is 0 Å². The van der Waals surface area contributed by atoms with Crippen molar-refractivity contribution in [1.82, 2.24) is 20.2 Å². The second-order valence-corrected chi connectivity index (χ2v) is 5.00. The summed E-state index contributed by atoms with van der Waals surface area (Å²) < 4.78 is 5.73. The number of rotatable bonds is 4. The average molecular weight is 260 g/mol. The SMILES string of the molecule is CNCC1CN(Cc2c[nH]c3ncccc23)CCO1. The highest BCUT2D eigenvalue weighted by Gasteiger charge is 2.20. The number of likely N-dealkylation sites (N-methyl/N-ethyl adjacent to an activating group) is 1. The largest absolute Gasteiger partial charge is 0.374 e. The van der Waals surface area contributed by atoms with Gasteiger partial charge in [0.15, 0.2) is 0 Å². The van der Waals surface area contributed by atoms with Crippen molar-refractivity contribution >= 4 is 11.0 Å². The minimum atomic E-state index is 0.294. The summed E-state index contributed by atoms with van der Waals surface area (Å²) in [5.74, 6) is 0. The third kappa shape index (κ3) is 2.78. The van der Waals surface area contributed by atoms with Gasteiger partial charge in [0, 0.05) is 44.0 Å². The lowest BCUT2D eigenvalue weighted by atomic mass is 10.2. The Morgan fingerprint density at radius 1 is 1.58 bits per heavy atom. The van der Waals surface area contributed by atoms with Crippen LogP contribution in [0.1, 0.15) is 5.56 Å². The standard InChI is InChI=1S/C14H20N4O/c1-15-8-12-10-18(5-6-19-12)9-11-7-17-14-13(11)3-2-4-16-14/h2-4,7,12,15H,5-6,8-10H2,1H3,(H,16,17). The van der Waals surface area contributed by atoms with Crippen LogP contribution in [-0.4, -0.2) is 54.3 Å². The summed E-state index contributed by atoms with van der Waals surface area (Å²) in [4.78, 5) is 10.0. The van der Waals surface area contributed by atoms with Crippen LogP contribution < -0.4 is 5.32 Å². The van der Waals surface area contributed by atoms with Gasteiger partial charge >= 0.3 is 0 Å². The van der Waals surface area contributed by atoms with Crippen molar-refractivity contribution in [3.05, 3.63) is 30.1 Å². The molecular weight excluding hydrogens is 240 g/mol. The Kier molecular flexibility index (Phi) is 3.77. The van der Waals surface area contributed by atoms with Crippen molar-refractivity contribution in [2.75, 3.05) is 33.3 Å². The highest BCUT2D eigenvalue weighted by Crippen LogP contribution is 2.18. The van der Waals surface area contributed by atoms with Gasteiger partial charge in [-0.05, 0) is 24.7 Å². The molecule has 2 N–H and O–H groups in total. The number of fused-ring (bicyclic) bond motifs is 1. The van der Waals surface area contributed by atoms with Crippen LogP contribution in [0.4, 0.5) is 0 Å². The van der Waals surface area contributed by atoms with E-state index in [1.807, 2.05) is 19.3 Å². The van der Waals surface area contributed by atoms with Crippen LogP contribution in [0.2, 0.25) is 0 Å². The van der Waals surface area contributed by atoms with Crippen molar-refractivity contribution in [1.29, 1.82) is 0 Å². The Morgan fingerprint density at radius 3 is 3.42 bits per heavy atom. The maximum Gasteiger partial charge on any atom is 0.137 e. The summed E-state index contributed by atoms with van der Waals surface area (Å²) in [7, 11) is 1.97. The van der Waals surface area contributed by atoms with Crippen molar-refractivity contribution in [2.24, 2.45) is 0 Å². The van der Waals surface area contributed by atoms with Crippen molar-refractivity contribution in [3.8, 4) is 0 Å². The molecule has 2 aromatic rings. The molecule has 3 rings (SSSR count). The normalized spacial score (nSPS) is 21.0. The highest BCUT2D eigenvalue weighted by atomic mass is 16.5. The fourth-order valence-corrected chi connectivity index (χ4v) is 2.66. The van der Waals surface area contributed by atoms with E-state index in [4.69, 9.17) is 4.74 Å². The van der Waals surface area contributed by atoms with Crippen LogP contribution in [0.3, 0.4) is 0 Å². The number of H-pyrrole nitrogens is 1. The first-order valence-electron chi connectivity index (χ1n) is 6.76. The molecule has 1 unspecified atom stereocenters. The minimum absolute atomic E-state index is 0.294. The lowest BCUT2D eigenvalue weighted by Gasteiger charge is -2.32. The molecule has 0 aromatic carbocycles. The van der Waals surface area contributed by atoms with E-state index in [9.17, 15) is 0 Å². The summed E-state index contributed by atoms with van der Waals surface area (Å²) in [5.41, 5.74) is 2.28. The molecular formula is C14H20N4O. The maximum atomic E-state index is 5.73. The quantitative estimate of drug-likeness (QED) is 0.860. The Bertz CT molecular complexity index is 537. The molecule has 2 aromatic heterocycles. The molecule has 0 spiro atoms. The zero-order valence-corrected chi connectivity index (χ0v) is 11.2. The van der Waals surface area contributed by atoms with Crippen molar-refractivity contribution < 1.29 is 4.74 Å². The predicted octanol–water partition coefficient (Wildman–Crippen LogP) is 0.983. The van der Waals surface area contributed by atoms with Gasteiger partial charge in [-0.1, -0.05) is 0 Å². The van der Waals surface area contributed by atoms with E-state index in [0.29, 0.717) is 6.10 Å². The second kappa shape index (κ2) is 5.69. The lowest BCUT2D eigenvalue weighted by Crippen LogP contribution is -2.45. The molecule has 0 aliphatic carbocycles. The van der Waals surface area contributed by atoms with Crippen LogP contribution >= 0.6 is 0 Å². The fourth-order valence-electron chi connectivity index (χ4n) is 2.66. The van der Waals surface area contributed by atoms with Crippen LogP contribution in [-0.2, 0) is 11.3 Å². The molecule has 19 heavy (non-hydrogen) atoms. The first kappa shape index (κ1) is 12.6. The molecule has 0 radical (unpaired) electrons. The topological polar surface area (TPSA) is 53.2 Å². The smallest absolute Gasteiger partial charge is 0.137 e. The first-order chi connectivity index (χ1) is 9.36. The van der Waals surface area contributed by atoms with Gasteiger partial charge in [-0.3, -0.25) is 4.90 Å². The number of aromatic amines is 1. The van der Waals surface area contributed by atoms with Crippen molar-refractivity contribution in [3.63, 3.8) is 0 Å². The van der Waals surface area contributed by atoms with Crippen LogP contribution in [0, 0.1) is 0 Å².